The molecular formula is C26H22N2O. The minimum absolute atomic E-state index is 0.00477. The maximum Gasteiger partial charge on any atom is 0.265 e. The molecule has 2 heterocycles. The van der Waals surface area contributed by atoms with E-state index in [0.717, 1.165) is 28.3 Å². The molecule has 5 rings (SSSR count). The van der Waals surface area contributed by atoms with Crippen LogP contribution in [0, 0.1) is 0 Å². The summed E-state index contributed by atoms with van der Waals surface area (Å²) in [6, 6.07) is 30.2. The van der Waals surface area contributed by atoms with Crippen LogP contribution in [0.5, 0.6) is 0 Å². The van der Waals surface area contributed by atoms with Crippen molar-refractivity contribution in [3.63, 3.8) is 0 Å². The number of rotatable bonds is 3. The number of pyridine rings is 1. The molecule has 3 nitrogen and oxygen atoms in total. The van der Waals surface area contributed by atoms with Gasteiger partial charge in [0.15, 0.2) is 0 Å². The normalized spacial score (nSPS) is 13.6. The Morgan fingerprint density at radius 2 is 1.41 bits per heavy atom. The van der Waals surface area contributed by atoms with Gasteiger partial charge in [-0.25, -0.2) is 0 Å². The number of nitrogens with zero attached hydrogens (tertiary/aromatic N) is 1. The first kappa shape index (κ1) is 17.5. The van der Waals surface area contributed by atoms with Crippen molar-refractivity contribution >= 4 is 11.4 Å². The lowest BCUT2D eigenvalue weighted by molar-refractivity contribution is 0.636. The number of para-hydroxylation sites is 2. The fraction of sp³-hybridized carbons (Fsp3) is 0.115. The van der Waals surface area contributed by atoms with Crippen LogP contribution < -0.4 is 10.9 Å². The lowest BCUT2D eigenvalue weighted by atomic mass is 9.83. The van der Waals surface area contributed by atoms with Crippen molar-refractivity contribution in [3.8, 4) is 16.8 Å². The molecule has 0 radical (unpaired) electrons. The summed E-state index contributed by atoms with van der Waals surface area (Å²) < 4.78 is 1.88. The maximum absolute atomic E-state index is 13.8. The van der Waals surface area contributed by atoms with Gasteiger partial charge in [0.1, 0.15) is 0 Å². The Morgan fingerprint density at radius 3 is 2.14 bits per heavy atom. The van der Waals surface area contributed by atoms with Crippen LogP contribution in [0.15, 0.2) is 95.8 Å². The van der Waals surface area contributed by atoms with Crippen molar-refractivity contribution in [2.24, 2.45) is 0 Å². The van der Waals surface area contributed by atoms with E-state index in [4.69, 9.17) is 0 Å². The average molecular weight is 378 g/mol. The predicted molar refractivity (Wildman–Crippen MR) is 119 cm³/mol. The third kappa shape index (κ3) is 2.70. The molecule has 1 aromatic heterocycles. The number of hydrogen-bond donors (Lipinski definition) is 1. The van der Waals surface area contributed by atoms with E-state index in [9.17, 15) is 4.79 Å². The highest BCUT2D eigenvalue weighted by Crippen LogP contribution is 2.43. The lowest BCUT2D eigenvalue weighted by Crippen LogP contribution is -2.25. The summed E-state index contributed by atoms with van der Waals surface area (Å²) in [7, 11) is 0. The average Bonchev–Trinajstić information content (AvgIpc) is 2.97. The molecule has 1 aliphatic heterocycles. The molecule has 3 aromatic carbocycles. The second-order valence-electron chi connectivity index (χ2n) is 7.96. The van der Waals surface area contributed by atoms with Crippen molar-refractivity contribution in [1.82, 2.24) is 4.57 Å². The number of nitrogens with one attached hydrogen (secondary N) is 1. The summed E-state index contributed by atoms with van der Waals surface area (Å²) in [4.78, 5) is 13.8. The van der Waals surface area contributed by atoms with Crippen LogP contribution in [0.25, 0.3) is 16.8 Å². The van der Waals surface area contributed by atoms with Gasteiger partial charge in [-0.05, 0) is 35.4 Å². The van der Waals surface area contributed by atoms with Gasteiger partial charge in [-0.2, -0.15) is 0 Å². The van der Waals surface area contributed by atoms with E-state index in [1.165, 1.54) is 5.56 Å². The Hall–Kier alpha value is -3.59. The first-order valence-electron chi connectivity index (χ1n) is 9.85. The van der Waals surface area contributed by atoms with Gasteiger partial charge in [0, 0.05) is 16.8 Å². The van der Waals surface area contributed by atoms with Gasteiger partial charge < -0.3 is 5.32 Å². The summed E-state index contributed by atoms with van der Waals surface area (Å²) in [5.74, 6) is 0. The highest BCUT2D eigenvalue weighted by molar-refractivity contribution is 5.82. The van der Waals surface area contributed by atoms with Crippen molar-refractivity contribution < 1.29 is 0 Å². The first-order valence-corrected chi connectivity index (χ1v) is 9.85. The molecule has 0 saturated heterocycles. The van der Waals surface area contributed by atoms with Crippen LogP contribution >= 0.6 is 0 Å². The highest BCUT2D eigenvalue weighted by Gasteiger charge is 2.37. The zero-order valence-electron chi connectivity index (χ0n) is 16.5. The second-order valence-corrected chi connectivity index (χ2v) is 7.96. The minimum Gasteiger partial charge on any atom is -0.355 e. The number of fused-ring (bicyclic) bond motifs is 3. The quantitative estimate of drug-likeness (QED) is 0.482. The Balaban J connectivity index is 1.82. The minimum atomic E-state index is -0.252. The van der Waals surface area contributed by atoms with Crippen molar-refractivity contribution in [1.29, 1.82) is 0 Å². The molecule has 0 bridgehead atoms. The van der Waals surface area contributed by atoms with Crippen LogP contribution in [0.1, 0.15) is 25.1 Å². The predicted octanol–water partition coefficient (Wildman–Crippen LogP) is 5.89. The van der Waals surface area contributed by atoms with Crippen molar-refractivity contribution in [2.45, 2.75) is 19.3 Å². The smallest absolute Gasteiger partial charge is 0.265 e. The standard InChI is InChI=1S/C26H22N2O/c1-26(2)20-15-9-10-16-22(20)28-23(26)17-21(27-19-13-7-4-8-14-19)24(25(28)29)18-11-5-3-6-12-18/h3-17,27H,1-2H3. The molecule has 0 atom stereocenters. The Kier molecular flexibility index (Phi) is 3.92. The molecule has 0 aliphatic carbocycles. The van der Waals surface area contributed by atoms with Crippen LogP contribution in [0.4, 0.5) is 11.4 Å². The lowest BCUT2D eigenvalue weighted by Gasteiger charge is -2.22. The number of aromatic nitrogens is 1. The molecule has 0 amide bonds. The van der Waals surface area contributed by atoms with Gasteiger partial charge in [0.05, 0.1) is 16.9 Å². The summed E-state index contributed by atoms with van der Waals surface area (Å²) in [6.07, 6.45) is 0. The third-order valence-electron chi connectivity index (χ3n) is 5.78. The summed E-state index contributed by atoms with van der Waals surface area (Å²) in [5.41, 5.74) is 6.29. The molecule has 0 fully saturated rings. The molecular weight excluding hydrogens is 356 g/mol. The Labute approximate surface area is 170 Å². The van der Waals surface area contributed by atoms with E-state index in [-0.39, 0.29) is 11.0 Å². The highest BCUT2D eigenvalue weighted by atomic mass is 16.1. The SMILES string of the molecule is CC1(C)c2ccccc2-n2c1cc(Nc1ccccc1)c(-c1ccccc1)c2=O. The van der Waals surface area contributed by atoms with Crippen LogP contribution in [0.3, 0.4) is 0 Å². The monoisotopic (exact) mass is 378 g/mol. The van der Waals surface area contributed by atoms with E-state index in [1.54, 1.807) is 0 Å². The van der Waals surface area contributed by atoms with Gasteiger partial charge >= 0.3 is 0 Å². The van der Waals surface area contributed by atoms with Gasteiger partial charge in [-0.1, -0.05) is 80.6 Å². The van der Waals surface area contributed by atoms with E-state index >= 15 is 0 Å². The number of benzene rings is 3. The van der Waals surface area contributed by atoms with E-state index in [0.29, 0.717) is 5.56 Å². The van der Waals surface area contributed by atoms with Gasteiger partial charge in [-0.3, -0.25) is 9.36 Å². The molecule has 4 aromatic rings. The molecule has 1 N–H and O–H groups in total. The molecule has 29 heavy (non-hydrogen) atoms. The fourth-order valence-corrected chi connectivity index (χ4v) is 4.30. The van der Waals surface area contributed by atoms with Crippen LogP contribution in [-0.4, -0.2) is 4.57 Å². The van der Waals surface area contributed by atoms with Gasteiger partial charge in [-0.15, -0.1) is 0 Å². The van der Waals surface area contributed by atoms with Crippen molar-refractivity contribution in [2.75, 3.05) is 5.32 Å². The van der Waals surface area contributed by atoms with E-state index in [2.05, 4.69) is 31.3 Å². The molecule has 3 heteroatoms. The third-order valence-corrected chi connectivity index (χ3v) is 5.78. The van der Waals surface area contributed by atoms with E-state index in [1.807, 2.05) is 83.4 Å². The molecule has 142 valence electrons. The van der Waals surface area contributed by atoms with Gasteiger partial charge in [0.25, 0.3) is 5.56 Å². The van der Waals surface area contributed by atoms with Gasteiger partial charge in [0.2, 0.25) is 0 Å². The molecule has 0 unspecified atom stereocenters. The second kappa shape index (κ2) is 6.49. The maximum atomic E-state index is 13.8. The number of anilines is 2. The van der Waals surface area contributed by atoms with E-state index < -0.39 is 0 Å². The zero-order chi connectivity index (χ0) is 20.0. The topological polar surface area (TPSA) is 34.0 Å². The van der Waals surface area contributed by atoms with Crippen LogP contribution in [0.2, 0.25) is 0 Å². The number of hydrogen-bond acceptors (Lipinski definition) is 2. The summed E-state index contributed by atoms with van der Waals surface area (Å²) in [6.45, 7) is 4.36. The Bertz CT molecular complexity index is 1260. The molecule has 1 aliphatic rings. The summed E-state index contributed by atoms with van der Waals surface area (Å²) >= 11 is 0. The van der Waals surface area contributed by atoms with Crippen LogP contribution in [-0.2, 0) is 5.41 Å². The fourth-order valence-electron chi connectivity index (χ4n) is 4.30. The summed E-state index contributed by atoms with van der Waals surface area (Å²) in [5, 5.41) is 3.49. The van der Waals surface area contributed by atoms with Crippen molar-refractivity contribution in [3.05, 3.63) is 113 Å². The first-order chi connectivity index (χ1) is 14.1. The Morgan fingerprint density at radius 1 is 0.793 bits per heavy atom. The largest absolute Gasteiger partial charge is 0.355 e. The zero-order valence-corrected chi connectivity index (χ0v) is 16.5. The molecule has 0 saturated carbocycles. The molecule has 0 spiro atoms.